The van der Waals surface area contributed by atoms with Gasteiger partial charge in [0.1, 0.15) is 5.82 Å². The standard InChI is InChI=1S/C10H8F3N5OS/c1-18-10(15-16-17-18)20-4-9(19)14-8-3-6(12)5(11)2-7(8)13/h2-3H,4H2,1H3,(H,14,19). The molecule has 0 aliphatic heterocycles. The van der Waals surface area contributed by atoms with E-state index < -0.39 is 29.0 Å². The van der Waals surface area contributed by atoms with E-state index in [9.17, 15) is 18.0 Å². The third kappa shape index (κ3) is 3.26. The molecule has 0 fully saturated rings. The van der Waals surface area contributed by atoms with E-state index >= 15 is 0 Å². The molecule has 1 aromatic heterocycles. The average Bonchev–Trinajstić information content (AvgIpc) is 2.79. The van der Waals surface area contributed by atoms with Crippen LogP contribution in [0.15, 0.2) is 17.3 Å². The van der Waals surface area contributed by atoms with Gasteiger partial charge >= 0.3 is 0 Å². The van der Waals surface area contributed by atoms with Crippen LogP contribution in [-0.2, 0) is 11.8 Å². The number of carbonyl (C=O) groups excluding carboxylic acids is 1. The van der Waals surface area contributed by atoms with Crippen LogP contribution in [0.5, 0.6) is 0 Å². The van der Waals surface area contributed by atoms with Gasteiger partial charge in [-0.05, 0) is 10.4 Å². The number of carbonyl (C=O) groups is 1. The van der Waals surface area contributed by atoms with Gasteiger partial charge in [0.05, 0.1) is 11.4 Å². The number of thioether (sulfide) groups is 1. The molecule has 0 saturated carbocycles. The number of aryl methyl sites for hydroxylation is 1. The van der Waals surface area contributed by atoms with Crippen LogP contribution < -0.4 is 5.32 Å². The lowest BCUT2D eigenvalue weighted by Gasteiger charge is -2.06. The lowest BCUT2D eigenvalue weighted by atomic mass is 10.3. The maximum Gasteiger partial charge on any atom is 0.234 e. The number of nitrogens with zero attached hydrogens (tertiary/aromatic N) is 4. The minimum Gasteiger partial charge on any atom is -0.323 e. The Kier molecular flexibility index (Phi) is 4.23. The van der Waals surface area contributed by atoms with Gasteiger partial charge in [0, 0.05) is 19.2 Å². The fourth-order valence-corrected chi connectivity index (χ4v) is 1.93. The molecule has 2 rings (SSSR count). The molecule has 0 unspecified atom stereocenters. The first-order valence-electron chi connectivity index (χ1n) is 5.27. The van der Waals surface area contributed by atoms with Crippen molar-refractivity contribution in [2.45, 2.75) is 5.16 Å². The topological polar surface area (TPSA) is 72.7 Å². The molecule has 0 saturated heterocycles. The van der Waals surface area contributed by atoms with Gasteiger partial charge in [-0.3, -0.25) is 4.79 Å². The van der Waals surface area contributed by atoms with Crippen LogP contribution >= 0.6 is 11.8 Å². The monoisotopic (exact) mass is 303 g/mol. The van der Waals surface area contributed by atoms with Crippen LogP contribution in [0.25, 0.3) is 0 Å². The summed E-state index contributed by atoms with van der Waals surface area (Å²) >= 11 is 1.02. The molecule has 2 aromatic rings. The molecule has 0 radical (unpaired) electrons. The normalized spacial score (nSPS) is 10.6. The summed E-state index contributed by atoms with van der Waals surface area (Å²) in [5.41, 5.74) is -0.425. The predicted molar refractivity (Wildman–Crippen MR) is 64.5 cm³/mol. The van der Waals surface area contributed by atoms with E-state index in [1.54, 1.807) is 7.05 Å². The Hall–Kier alpha value is -2.10. The zero-order valence-corrected chi connectivity index (χ0v) is 10.9. The summed E-state index contributed by atoms with van der Waals surface area (Å²) in [4.78, 5) is 11.6. The highest BCUT2D eigenvalue weighted by Gasteiger charge is 2.13. The third-order valence-corrected chi connectivity index (χ3v) is 3.21. The number of halogens is 3. The highest BCUT2D eigenvalue weighted by molar-refractivity contribution is 7.99. The zero-order chi connectivity index (χ0) is 14.7. The van der Waals surface area contributed by atoms with Gasteiger partial charge in [-0.2, -0.15) is 0 Å². The summed E-state index contributed by atoms with van der Waals surface area (Å²) in [7, 11) is 1.59. The van der Waals surface area contributed by atoms with Crippen molar-refractivity contribution < 1.29 is 18.0 Å². The van der Waals surface area contributed by atoms with Gasteiger partial charge in [0.15, 0.2) is 11.6 Å². The SMILES string of the molecule is Cn1nnnc1SCC(=O)Nc1cc(F)c(F)cc1F. The molecule has 0 aliphatic carbocycles. The number of tetrazole rings is 1. The van der Waals surface area contributed by atoms with Gasteiger partial charge in [-0.1, -0.05) is 11.8 Å². The van der Waals surface area contributed by atoms with Crippen molar-refractivity contribution in [3.8, 4) is 0 Å². The van der Waals surface area contributed by atoms with Gasteiger partial charge in [0.2, 0.25) is 11.1 Å². The summed E-state index contributed by atoms with van der Waals surface area (Å²) in [6.45, 7) is 0. The number of hydrogen-bond acceptors (Lipinski definition) is 5. The molecular formula is C10H8F3N5OS. The van der Waals surface area contributed by atoms with Gasteiger partial charge in [-0.25, -0.2) is 17.9 Å². The van der Waals surface area contributed by atoms with E-state index in [0.29, 0.717) is 17.3 Å². The summed E-state index contributed by atoms with van der Waals surface area (Å²) in [5, 5.41) is 13.1. The molecule has 20 heavy (non-hydrogen) atoms. The highest BCUT2D eigenvalue weighted by Crippen LogP contribution is 2.19. The van der Waals surface area contributed by atoms with Crippen molar-refractivity contribution in [1.82, 2.24) is 20.2 Å². The van der Waals surface area contributed by atoms with Crippen LogP contribution in [0.3, 0.4) is 0 Å². The Morgan fingerprint density at radius 2 is 2.00 bits per heavy atom. The molecule has 0 spiro atoms. The van der Waals surface area contributed by atoms with Crippen molar-refractivity contribution >= 4 is 23.4 Å². The lowest BCUT2D eigenvalue weighted by molar-refractivity contribution is -0.113. The molecule has 106 valence electrons. The number of nitrogens with one attached hydrogen (secondary N) is 1. The van der Waals surface area contributed by atoms with Crippen LogP contribution in [-0.4, -0.2) is 31.9 Å². The van der Waals surface area contributed by atoms with Crippen LogP contribution in [0.2, 0.25) is 0 Å². The van der Waals surface area contributed by atoms with Gasteiger partial charge in [-0.15, -0.1) is 5.10 Å². The third-order valence-electron chi connectivity index (χ3n) is 2.20. The van der Waals surface area contributed by atoms with E-state index in [-0.39, 0.29) is 5.75 Å². The largest absolute Gasteiger partial charge is 0.323 e. The zero-order valence-electron chi connectivity index (χ0n) is 10.1. The van der Waals surface area contributed by atoms with Crippen molar-refractivity contribution in [3.05, 3.63) is 29.6 Å². The van der Waals surface area contributed by atoms with E-state index in [2.05, 4.69) is 20.8 Å². The Labute approximate surface area is 115 Å². The molecule has 1 heterocycles. The van der Waals surface area contributed by atoms with Crippen LogP contribution in [0.1, 0.15) is 0 Å². The Balaban J connectivity index is 1.98. The molecule has 6 nitrogen and oxygen atoms in total. The van der Waals surface area contributed by atoms with Crippen molar-refractivity contribution in [2.75, 3.05) is 11.1 Å². The number of rotatable bonds is 4. The maximum absolute atomic E-state index is 13.3. The fraction of sp³-hybridized carbons (Fsp3) is 0.200. The molecule has 1 amide bonds. The first-order valence-corrected chi connectivity index (χ1v) is 6.25. The number of aromatic nitrogens is 4. The highest BCUT2D eigenvalue weighted by atomic mass is 32.2. The predicted octanol–water partition coefficient (Wildman–Crippen LogP) is 1.36. The summed E-state index contributed by atoms with van der Waals surface area (Å²) < 4.78 is 40.3. The molecule has 0 bridgehead atoms. The van der Waals surface area contributed by atoms with Crippen molar-refractivity contribution in [2.24, 2.45) is 7.05 Å². The minimum absolute atomic E-state index is 0.105. The number of amides is 1. The van der Waals surface area contributed by atoms with E-state index in [1.165, 1.54) is 4.68 Å². The second-order valence-corrected chi connectivity index (χ2v) is 4.61. The van der Waals surface area contributed by atoms with Gasteiger partial charge < -0.3 is 5.32 Å². The Morgan fingerprint density at radius 1 is 1.30 bits per heavy atom. The molecular weight excluding hydrogens is 295 g/mol. The lowest BCUT2D eigenvalue weighted by Crippen LogP contribution is -2.16. The number of benzene rings is 1. The second kappa shape index (κ2) is 5.90. The molecule has 0 aliphatic rings. The van der Waals surface area contributed by atoms with Crippen LogP contribution in [0, 0.1) is 17.5 Å². The number of anilines is 1. The van der Waals surface area contributed by atoms with E-state index in [0.717, 1.165) is 11.8 Å². The Bertz CT molecular complexity index is 648. The first kappa shape index (κ1) is 14.3. The first-order chi connectivity index (χ1) is 9.47. The quantitative estimate of drug-likeness (QED) is 0.682. The minimum atomic E-state index is -1.32. The van der Waals surface area contributed by atoms with Crippen LogP contribution in [0.4, 0.5) is 18.9 Å². The molecule has 1 aromatic carbocycles. The summed E-state index contributed by atoms with van der Waals surface area (Å²) in [5.74, 6) is -4.32. The fourth-order valence-electron chi connectivity index (χ4n) is 1.28. The van der Waals surface area contributed by atoms with E-state index in [1.807, 2.05) is 0 Å². The second-order valence-electron chi connectivity index (χ2n) is 3.67. The molecule has 0 atom stereocenters. The van der Waals surface area contributed by atoms with Gasteiger partial charge in [0.25, 0.3) is 0 Å². The van der Waals surface area contributed by atoms with E-state index in [4.69, 9.17) is 0 Å². The molecule has 1 N–H and O–H groups in total. The number of hydrogen-bond donors (Lipinski definition) is 1. The Morgan fingerprint density at radius 3 is 2.65 bits per heavy atom. The summed E-state index contributed by atoms with van der Waals surface area (Å²) in [6.07, 6.45) is 0. The smallest absolute Gasteiger partial charge is 0.234 e. The van der Waals surface area contributed by atoms with Crippen molar-refractivity contribution in [1.29, 1.82) is 0 Å². The summed E-state index contributed by atoms with van der Waals surface area (Å²) in [6, 6.07) is 0.946. The molecule has 10 heteroatoms. The van der Waals surface area contributed by atoms with Crippen molar-refractivity contribution in [3.63, 3.8) is 0 Å². The maximum atomic E-state index is 13.3. The average molecular weight is 303 g/mol.